The summed E-state index contributed by atoms with van der Waals surface area (Å²) >= 11 is 0. The van der Waals surface area contributed by atoms with Gasteiger partial charge < -0.3 is 9.80 Å². The van der Waals surface area contributed by atoms with Crippen LogP contribution in [0.3, 0.4) is 0 Å². The van der Waals surface area contributed by atoms with Gasteiger partial charge in [0.15, 0.2) is 0 Å². The number of nitrogens with zero attached hydrogens (tertiary/aromatic N) is 3. The van der Waals surface area contributed by atoms with Crippen molar-refractivity contribution in [2.24, 2.45) is 11.3 Å². The lowest BCUT2D eigenvalue weighted by Crippen LogP contribution is -2.57. The van der Waals surface area contributed by atoms with Gasteiger partial charge in [-0.1, -0.05) is 20.8 Å². The first-order chi connectivity index (χ1) is 10.2. The second kappa shape index (κ2) is 5.91. The average Bonchev–Trinajstić information content (AvgIpc) is 2.44. The minimum absolute atomic E-state index is 0.0210. The van der Waals surface area contributed by atoms with Gasteiger partial charge in [-0.2, -0.15) is 5.26 Å². The first-order valence-electron chi connectivity index (χ1n) is 8.19. The molecule has 2 amide bonds. The monoisotopic (exact) mass is 305 g/mol. The van der Waals surface area contributed by atoms with Crippen LogP contribution in [0.25, 0.3) is 0 Å². The summed E-state index contributed by atoms with van der Waals surface area (Å²) in [5.74, 6) is -0.0465. The predicted octanol–water partition coefficient (Wildman–Crippen LogP) is 2.18. The van der Waals surface area contributed by atoms with Crippen LogP contribution in [0.2, 0.25) is 0 Å². The van der Waals surface area contributed by atoms with Crippen molar-refractivity contribution in [3.05, 3.63) is 0 Å². The van der Waals surface area contributed by atoms with Crippen LogP contribution in [-0.2, 0) is 9.59 Å². The van der Waals surface area contributed by atoms with E-state index in [9.17, 15) is 14.9 Å². The van der Waals surface area contributed by atoms with Gasteiger partial charge in [-0.05, 0) is 32.1 Å². The molecule has 1 unspecified atom stereocenters. The van der Waals surface area contributed by atoms with Gasteiger partial charge in [-0.25, -0.2) is 0 Å². The second-order valence-corrected chi connectivity index (χ2v) is 7.73. The maximum absolute atomic E-state index is 12.8. The molecule has 0 aromatic carbocycles. The number of hydrogen-bond donors (Lipinski definition) is 0. The van der Waals surface area contributed by atoms with Crippen LogP contribution in [0, 0.1) is 22.7 Å². The number of carbonyl (C=O) groups is 2. The lowest BCUT2D eigenvalue weighted by atomic mass is 9.76. The predicted molar refractivity (Wildman–Crippen MR) is 83.7 cm³/mol. The largest absolute Gasteiger partial charge is 0.341 e. The fourth-order valence-electron chi connectivity index (χ4n) is 3.36. The molecule has 0 spiro atoms. The van der Waals surface area contributed by atoms with Crippen molar-refractivity contribution in [2.45, 2.75) is 58.4 Å². The van der Waals surface area contributed by atoms with E-state index >= 15 is 0 Å². The zero-order valence-electron chi connectivity index (χ0n) is 14.2. The van der Waals surface area contributed by atoms with Gasteiger partial charge in [0.25, 0.3) is 0 Å². The molecule has 5 heteroatoms. The van der Waals surface area contributed by atoms with E-state index in [0.717, 1.165) is 38.6 Å². The highest BCUT2D eigenvalue weighted by molar-refractivity contribution is 5.84. The molecule has 22 heavy (non-hydrogen) atoms. The Morgan fingerprint density at radius 2 is 1.91 bits per heavy atom. The fourth-order valence-corrected chi connectivity index (χ4v) is 3.36. The molecule has 1 atom stereocenters. The molecule has 0 aromatic rings. The molecule has 0 aromatic heterocycles. The summed E-state index contributed by atoms with van der Waals surface area (Å²) in [5, 5.41) is 9.39. The molecule has 0 N–H and O–H groups in total. The van der Waals surface area contributed by atoms with Gasteiger partial charge >= 0.3 is 0 Å². The lowest BCUT2D eigenvalue weighted by Gasteiger charge is -2.45. The number of rotatable bonds is 2. The molecule has 122 valence electrons. The number of hydrogen-bond acceptors (Lipinski definition) is 3. The van der Waals surface area contributed by atoms with Crippen molar-refractivity contribution < 1.29 is 9.59 Å². The summed E-state index contributed by atoms with van der Waals surface area (Å²) in [7, 11) is 1.75. The highest BCUT2D eigenvalue weighted by Gasteiger charge is 2.45. The smallest absolute Gasteiger partial charge is 0.228 e. The van der Waals surface area contributed by atoms with Crippen molar-refractivity contribution in [1.82, 2.24) is 9.80 Å². The van der Waals surface area contributed by atoms with Gasteiger partial charge in [0.1, 0.15) is 5.54 Å². The Bertz CT molecular complexity index is 497. The number of piperidine rings is 1. The third kappa shape index (κ3) is 2.97. The molecule has 0 bridgehead atoms. The van der Waals surface area contributed by atoms with Crippen LogP contribution in [0.4, 0.5) is 0 Å². The molecule has 5 nitrogen and oxygen atoms in total. The summed E-state index contributed by atoms with van der Waals surface area (Å²) in [6, 6.07) is 2.32. The summed E-state index contributed by atoms with van der Waals surface area (Å²) in [4.78, 5) is 28.6. The summed E-state index contributed by atoms with van der Waals surface area (Å²) < 4.78 is 0. The maximum Gasteiger partial charge on any atom is 0.228 e. The van der Waals surface area contributed by atoms with Crippen molar-refractivity contribution in [3.63, 3.8) is 0 Å². The van der Waals surface area contributed by atoms with Crippen molar-refractivity contribution in [3.8, 4) is 6.07 Å². The maximum atomic E-state index is 12.8. The van der Waals surface area contributed by atoms with E-state index in [4.69, 9.17) is 0 Å². The Labute approximate surface area is 133 Å². The Morgan fingerprint density at radius 1 is 1.27 bits per heavy atom. The Balaban J connectivity index is 2.05. The van der Waals surface area contributed by atoms with Crippen molar-refractivity contribution >= 4 is 11.8 Å². The van der Waals surface area contributed by atoms with E-state index < -0.39 is 11.0 Å². The Hall–Kier alpha value is -1.57. The standard InChI is InChI=1S/C17H27N3O2/c1-16(2,3)15(22)20-10-5-7-13(11-20)14(21)19(4)17(12-18)8-6-9-17/h13H,5-11H2,1-4H3. The third-order valence-electron chi connectivity index (χ3n) is 5.06. The molecule has 1 saturated carbocycles. The molecular weight excluding hydrogens is 278 g/mol. The molecule has 2 aliphatic rings. The van der Waals surface area contributed by atoms with Gasteiger partial charge in [-0.3, -0.25) is 9.59 Å². The molecule has 2 rings (SSSR count). The summed E-state index contributed by atoms with van der Waals surface area (Å²) in [5.41, 5.74) is -1.02. The molecule has 1 aliphatic heterocycles. The van der Waals surface area contributed by atoms with E-state index in [2.05, 4.69) is 6.07 Å². The zero-order chi connectivity index (χ0) is 16.5. The van der Waals surface area contributed by atoms with Crippen LogP contribution in [0.15, 0.2) is 0 Å². The van der Waals surface area contributed by atoms with Gasteiger partial charge in [0.2, 0.25) is 11.8 Å². The van der Waals surface area contributed by atoms with Crippen LogP contribution >= 0.6 is 0 Å². The molecule has 0 radical (unpaired) electrons. The number of nitriles is 1. The number of carbonyl (C=O) groups excluding carboxylic acids is 2. The summed E-state index contributed by atoms with van der Waals surface area (Å²) in [6.07, 6.45) is 4.20. The van der Waals surface area contributed by atoms with E-state index in [1.165, 1.54) is 0 Å². The molecule has 1 aliphatic carbocycles. The van der Waals surface area contributed by atoms with Gasteiger partial charge in [-0.15, -0.1) is 0 Å². The van der Waals surface area contributed by atoms with Crippen LogP contribution < -0.4 is 0 Å². The zero-order valence-corrected chi connectivity index (χ0v) is 14.2. The van der Waals surface area contributed by atoms with Crippen LogP contribution in [0.1, 0.15) is 52.9 Å². The van der Waals surface area contributed by atoms with E-state index in [1.807, 2.05) is 25.7 Å². The molecular formula is C17H27N3O2. The fraction of sp³-hybridized carbons (Fsp3) is 0.824. The molecule has 1 heterocycles. The highest BCUT2D eigenvalue weighted by Crippen LogP contribution is 2.37. The van der Waals surface area contributed by atoms with Crippen LogP contribution in [-0.4, -0.2) is 47.3 Å². The minimum Gasteiger partial charge on any atom is -0.341 e. The summed E-state index contributed by atoms with van der Waals surface area (Å²) in [6.45, 7) is 6.94. The molecule has 1 saturated heterocycles. The normalized spacial score (nSPS) is 24.1. The number of likely N-dealkylation sites (tertiary alicyclic amines) is 1. The molecule has 2 fully saturated rings. The quantitative estimate of drug-likeness (QED) is 0.785. The minimum atomic E-state index is -0.604. The second-order valence-electron chi connectivity index (χ2n) is 7.73. The van der Waals surface area contributed by atoms with E-state index in [0.29, 0.717) is 6.54 Å². The van der Waals surface area contributed by atoms with Crippen LogP contribution in [0.5, 0.6) is 0 Å². The highest BCUT2D eigenvalue weighted by atomic mass is 16.2. The van der Waals surface area contributed by atoms with Crippen molar-refractivity contribution in [2.75, 3.05) is 20.1 Å². The topological polar surface area (TPSA) is 64.4 Å². The van der Waals surface area contributed by atoms with E-state index in [1.54, 1.807) is 11.9 Å². The Kier molecular flexibility index (Phi) is 4.51. The first-order valence-corrected chi connectivity index (χ1v) is 8.19. The SMILES string of the molecule is CN(C(=O)C1CCCN(C(=O)C(C)(C)C)C1)C1(C#N)CCC1. The van der Waals surface area contributed by atoms with E-state index in [-0.39, 0.29) is 17.7 Å². The Morgan fingerprint density at radius 3 is 2.36 bits per heavy atom. The third-order valence-corrected chi connectivity index (χ3v) is 5.06. The van der Waals surface area contributed by atoms with Gasteiger partial charge in [0, 0.05) is 25.6 Å². The average molecular weight is 305 g/mol. The first kappa shape index (κ1) is 16.8. The number of amides is 2. The van der Waals surface area contributed by atoms with Crippen molar-refractivity contribution in [1.29, 1.82) is 5.26 Å². The lowest BCUT2D eigenvalue weighted by molar-refractivity contribution is -0.147. The van der Waals surface area contributed by atoms with Gasteiger partial charge in [0.05, 0.1) is 12.0 Å².